The van der Waals surface area contributed by atoms with Gasteiger partial charge >= 0.3 is 0 Å². The van der Waals surface area contributed by atoms with E-state index < -0.39 is 0 Å². The number of aliphatic imine (C=N–C) groups is 1. The molecule has 0 saturated carbocycles. The number of rotatable bonds is 8. The molecular formula is C11H24N4O2. The summed E-state index contributed by atoms with van der Waals surface area (Å²) in [5.41, 5.74) is 5.86. The molecule has 0 amide bonds. The summed E-state index contributed by atoms with van der Waals surface area (Å²) in [6.07, 6.45) is 1.30. The van der Waals surface area contributed by atoms with Crippen molar-refractivity contribution in [2.75, 3.05) is 33.9 Å². The molecule has 0 aliphatic rings. The summed E-state index contributed by atoms with van der Waals surface area (Å²) in [5.74, 6) is 0. The van der Waals surface area contributed by atoms with E-state index in [1.165, 1.54) is 6.20 Å². The Hall–Kier alpha value is -1.11. The second-order valence-electron chi connectivity index (χ2n) is 3.18. The van der Waals surface area contributed by atoms with E-state index >= 15 is 0 Å². The number of amidine groups is 1. The van der Waals surface area contributed by atoms with Gasteiger partial charge in [0, 0.05) is 19.9 Å². The van der Waals surface area contributed by atoms with Gasteiger partial charge in [0.15, 0.2) is 0 Å². The summed E-state index contributed by atoms with van der Waals surface area (Å²) in [7, 11) is 3.68. The molecule has 0 fully saturated rings. The molecule has 0 aliphatic heterocycles. The standard InChI is InChI=1S/C11H24N4O2/c1-6-13-11(17-8-3)15(5)10(16-7-2)9-14-12-4/h6,10,12,14H,1,7-9H2,2-5H3/b13-11+. The zero-order valence-corrected chi connectivity index (χ0v) is 11.2. The highest BCUT2D eigenvalue weighted by Gasteiger charge is 2.18. The molecule has 0 saturated heterocycles. The number of hydrogen-bond acceptors (Lipinski definition) is 5. The molecule has 6 nitrogen and oxygen atoms in total. The lowest BCUT2D eigenvalue weighted by Gasteiger charge is -2.29. The number of nitrogens with zero attached hydrogens (tertiary/aromatic N) is 2. The molecule has 0 rings (SSSR count). The van der Waals surface area contributed by atoms with Gasteiger partial charge in [-0.3, -0.25) is 10.9 Å². The maximum Gasteiger partial charge on any atom is 0.293 e. The minimum Gasteiger partial charge on any atom is -0.465 e. The van der Waals surface area contributed by atoms with Crippen LogP contribution in [0, 0.1) is 0 Å². The van der Waals surface area contributed by atoms with Crippen molar-refractivity contribution in [3.8, 4) is 0 Å². The first-order chi connectivity index (χ1) is 8.21. The van der Waals surface area contributed by atoms with Gasteiger partial charge in [0.05, 0.1) is 13.2 Å². The summed E-state index contributed by atoms with van der Waals surface area (Å²) in [6.45, 7) is 9.21. The van der Waals surface area contributed by atoms with E-state index in [9.17, 15) is 0 Å². The topological polar surface area (TPSA) is 58.1 Å². The summed E-state index contributed by atoms with van der Waals surface area (Å²) in [5, 5.41) is 0. The van der Waals surface area contributed by atoms with Crippen molar-refractivity contribution in [1.29, 1.82) is 0 Å². The van der Waals surface area contributed by atoms with Crippen molar-refractivity contribution < 1.29 is 9.47 Å². The summed E-state index contributed by atoms with van der Waals surface area (Å²) in [4.78, 5) is 5.91. The van der Waals surface area contributed by atoms with Crippen LogP contribution in [0.5, 0.6) is 0 Å². The summed E-state index contributed by atoms with van der Waals surface area (Å²) in [6, 6.07) is 0.499. The van der Waals surface area contributed by atoms with Gasteiger partial charge in [0.25, 0.3) is 6.02 Å². The van der Waals surface area contributed by atoms with Crippen LogP contribution in [-0.2, 0) is 9.47 Å². The van der Waals surface area contributed by atoms with E-state index in [1.807, 2.05) is 32.8 Å². The van der Waals surface area contributed by atoms with Crippen molar-refractivity contribution in [3.05, 3.63) is 12.8 Å². The number of hydrazine groups is 1. The highest BCUT2D eigenvalue weighted by Crippen LogP contribution is 2.02. The SMILES string of the molecule is C=C/N=C(/OCC)N(C)C(CNNC)OCC. The Morgan fingerprint density at radius 3 is 2.65 bits per heavy atom. The third-order valence-electron chi connectivity index (χ3n) is 2.02. The zero-order valence-electron chi connectivity index (χ0n) is 11.2. The third kappa shape index (κ3) is 6.25. The van der Waals surface area contributed by atoms with Crippen LogP contribution < -0.4 is 10.9 Å². The van der Waals surface area contributed by atoms with Crippen molar-refractivity contribution in [2.45, 2.75) is 20.1 Å². The highest BCUT2D eigenvalue weighted by molar-refractivity contribution is 5.74. The second kappa shape index (κ2) is 10.1. The first kappa shape index (κ1) is 15.9. The predicted molar refractivity (Wildman–Crippen MR) is 69.5 cm³/mol. The lowest BCUT2D eigenvalue weighted by atomic mass is 10.5. The van der Waals surface area contributed by atoms with Crippen LogP contribution in [0.3, 0.4) is 0 Å². The normalized spacial score (nSPS) is 13.3. The van der Waals surface area contributed by atoms with Crippen molar-refractivity contribution in [2.24, 2.45) is 4.99 Å². The van der Waals surface area contributed by atoms with Crippen LogP contribution in [0.4, 0.5) is 0 Å². The molecule has 100 valence electrons. The minimum atomic E-state index is -0.155. The highest BCUT2D eigenvalue weighted by atomic mass is 16.5. The minimum absolute atomic E-state index is 0.155. The van der Waals surface area contributed by atoms with E-state index in [-0.39, 0.29) is 6.23 Å². The monoisotopic (exact) mass is 244 g/mol. The molecule has 0 aromatic rings. The number of likely N-dealkylation sites (N-methyl/N-ethyl adjacent to an activating group) is 1. The van der Waals surface area contributed by atoms with Gasteiger partial charge in [-0.25, -0.2) is 4.99 Å². The largest absolute Gasteiger partial charge is 0.465 e. The van der Waals surface area contributed by atoms with Crippen LogP contribution in [0.1, 0.15) is 13.8 Å². The molecule has 0 spiro atoms. The van der Waals surface area contributed by atoms with Crippen molar-refractivity contribution in [3.63, 3.8) is 0 Å². The van der Waals surface area contributed by atoms with Gasteiger partial charge < -0.3 is 14.4 Å². The van der Waals surface area contributed by atoms with E-state index in [0.29, 0.717) is 25.8 Å². The smallest absolute Gasteiger partial charge is 0.293 e. The van der Waals surface area contributed by atoms with Gasteiger partial charge in [0.2, 0.25) is 0 Å². The summed E-state index contributed by atoms with van der Waals surface area (Å²) < 4.78 is 11.0. The van der Waals surface area contributed by atoms with E-state index in [4.69, 9.17) is 9.47 Å². The molecule has 0 bridgehead atoms. The molecular weight excluding hydrogens is 220 g/mol. The molecule has 1 atom stereocenters. The molecule has 2 N–H and O–H groups in total. The fourth-order valence-electron chi connectivity index (χ4n) is 1.25. The Balaban J connectivity index is 4.57. The van der Waals surface area contributed by atoms with Crippen LogP contribution in [-0.4, -0.2) is 51.0 Å². The Morgan fingerprint density at radius 2 is 2.18 bits per heavy atom. The van der Waals surface area contributed by atoms with Gasteiger partial charge in [-0.1, -0.05) is 6.58 Å². The molecule has 0 heterocycles. The first-order valence-electron chi connectivity index (χ1n) is 5.76. The zero-order chi connectivity index (χ0) is 13.1. The molecule has 0 aliphatic carbocycles. The van der Waals surface area contributed by atoms with E-state index in [0.717, 1.165) is 0 Å². The fourth-order valence-corrected chi connectivity index (χ4v) is 1.25. The van der Waals surface area contributed by atoms with Crippen LogP contribution in [0.25, 0.3) is 0 Å². The maximum atomic E-state index is 5.61. The van der Waals surface area contributed by atoms with Gasteiger partial charge in [0.1, 0.15) is 6.23 Å². The van der Waals surface area contributed by atoms with Gasteiger partial charge in [-0.2, -0.15) is 0 Å². The molecule has 0 aromatic carbocycles. The van der Waals surface area contributed by atoms with Crippen molar-refractivity contribution >= 4 is 6.02 Å². The average Bonchev–Trinajstić information content (AvgIpc) is 2.33. The van der Waals surface area contributed by atoms with Crippen LogP contribution >= 0.6 is 0 Å². The quantitative estimate of drug-likeness (QED) is 0.282. The Morgan fingerprint density at radius 1 is 1.47 bits per heavy atom. The lowest BCUT2D eigenvalue weighted by molar-refractivity contribution is -0.0203. The maximum absolute atomic E-state index is 5.61. The molecule has 17 heavy (non-hydrogen) atoms. The van der Waals surface area contributed by atoms with Crippen LogP contribution in [0.15, 0.2) is 17.8 Å². The Labute approximate surface area is 104 Å². The van der Waals surface area contributed by atoms with Crippen LogP contribution in [0.2, 0.25) is 0 Å². The third-order valence-corrected chi connectivity index (χ3v) is 2.02. The Bertz CT molecular complexity index is 234. The average molecular weight is 244 g/mol. The number of nitrogens with one attached hydrogen (secondary N) is 2. The molecule has 0 radical (unpaired) electrons. The first-order valence-corrected chi connectivity index (χ1v) is 5.76. The summed E-state index contributed by atoms with van der Waals surface area (Å²) >= 11 is 0. The van der Waals surface area contributed by atoms with Crippen molar-refractivity contribution in [1.82, 2.24) is 15.8 Å². The molecule has 6 heteroatoms. The van der Waals surface area contributed by atoms with E-state index in [1.54, 1.807) is 0 Å². The molecule has 0 aromatic heterocycles. The molecule has 1 unspecified atom stereocenters. The second-order valence-corrected chi connectivity index (χ2v) is 3.18. The lowest BCUT2D eigenvalue weighted by Crippen LogP contribution is -2.48. The number of hydrogen-bond donors (Lipinski definition) is 2. The number of ether oxygens (including phenoxy) is 2. The Kier molecular flexibility index (Phi) is 9.41. The van der Waals surface area contributed by atoms with E-state index in [2.05, 4.69) is 22.4 Å². The fraction of sp³-hybridized carbons (Fsp3) is 0.727. The predicted octanol–water partition coefficient (Wildman–Crippen LogP) is 0.541. The van der Waals surface area contributed by atoms with Gasteiger partial charge in [-0.05, 0) is 20.9 Å². The van der Waals surface area contributed by atoms with Gasteiger partial charge in [-0.15, -0.1) is 0 Å².